The Bertz CT molecular complexity index is 1270. The number of ether oxygens (including phenoxy) is 2. The second-order valence-corrected chi connectivity index (χ2v) is 8.73. The fourth-order valence-electron chi connectivity index (χ4n) is 4.14. The summed E-state index contributed by atoms with van der Waals surface area (Å²) in [4.78, 5) is 25.9. The van der Waals surface area contributed by atoms with Gasteiger partial charge in [0, 0.05) is 49.4 Å². The molecule has 2 aliphatic heterocycles. The number of halogens is 2. The number of aromatic nitrogens is 2. The van der Waals surface area contributed by atoms with Gasteiger partial charge in [-0.15, -0.1) is 0 Å². The lowest BCUT2D eigenvalue weighted by molar-refractivity contribution is -0.114. The summed E-state index contributed by atoms with van der Waals surface area (Å²) in [7, 11) is 0. The van der Waals surface area contributed by atoms with Crippen molar-refractivity contribution in [3.8, 4) is 5.75 Å². The largest absolute Gasteiger partial charge is 0.491 e. The van der Waals surface area contributed by atoms with Gasteiger partial charge in [0.15, 0.2) is 0 Å². The number of anilines is 3. The number of nitrogens with one attached hydrogen (secondary N) is 1. The van der Waals surface area contributed by atoms with Crippen molar-refractivity contribution in [1.82, 2.24) is 14.9 Å². The molecule has 0 atom stereocenters. The van der Waals surface area contributed by atoms with Gasteiger partial charge in [-0.2, -0.15) is 0 Å². The van der Waals surface area contributed by atoms with Crippen LogP contribution >= 0.6 is 11.6 Å². The highest BCUT2D eigenvalue weighted by Crippen LogP contribution is 2.37. The lowest BCUT2D eigenvalue weighted by Gasteiger charge is -2.25. The van der Waals surface area contributed by atoms with E-state index in [0.717, 1.165) is 13.1 Å². The van der Waals surface area contributed by atoms with Gasteiger partial charge in [-0.3, -0.25) is 9.69 Å². The third-order valence-corrected chi connectivity index (χ3v) is 6.26. The molecule has 0 spiro atoms. The summed E-state index contributed by atoms with van der Waals surface area (Å²) in [5.74, 6) is 0.503. The Balaban J connectivity index is 1.44. The molecule has 1 saturated heterocycles. The van der Waals surface area contributed by atoms with Crippen molar-refractivity contribution in [2.45, 2.75) is 6.42 Å². The lowest BCUT2D eigenvalue weighted by atomic mass is 10.1. The van der Waals surface area contributed by atoms with E-state index in [9.17, 15) is 9.18 Å². The summed E-state index contributed by atoms with van der Waals surface area (Å²) < 4.78 is 24.9. The summed E-state index contributed by atoms with van der Waals surface area (Å²) in [6, 6.07) is 8.04. The first kappa shape index (κ1) is 23.5. The van der Waals surface area contributed by atoms with Crippen LogP contribution in [0.1, 0.15) is 6.42 Å². The van der Waals surface area contributed by atoms with E-state index in [1.165, 1.54) is 18.5 Å². The summed E-state index contributed by atoms with van der Waals surface area (Å²) in [6.07, 6.45) is 5.67. The molecular weight excluding hydrogens is 473 g/mol. The summed E-state index contributed by atoms with van der Waals surface area (Å²) in [5, 5.41) is 3.89. The Hall–Kier alpha value is -3.27. The van der Waals surface area contributed by atoms with Crippen LogP contribution in [0.3, 0.4) is 0 Å². The highest BCUT2D eigenvalue weighted by atomic mass is 35.5. The van der Waals surface area contributed by atoms with E-state index < -0.39 is 5.82 Å². The van der Waals surface area contributed by atoms with E-state index >= 15 is 0 Å². The molecule has 0 unspecified atom stereocenters. The maximum Gasteiger partial charge on any atom is 0.250 e. The molecule has 1 aromatic heterocycles. The minimum atomic E-state index is -0.497. The first-order valence-electron chi connectivity index (χ1n) is 11.5. The minimum Gasteiger partial charge on any atom is -0.491 e. The van der Waals surface area contributed by atoms with Crippen molar-refractivity contribution >= 4 is 45.6 Å². The molecule has 2 aromatic carbocycles. The monoisotopic (exact) mass is 497 g/mol. The smallest absolute Gasteiger partial charge is 0.250 e. The van der Waals surface area contributed by atoms with Gasteiger partial charge in [0.1, 0.15) is 23.7 Å². The zero-order chi connectivity index (χ0) is 24.2. The van der Waals surface area contributed by atoms with Gasteiger partial charge in [0.25, 0.3) is 5.91 Å². The lowest BCUT2D eigenvalue weighted by Crippen LogP contribution is -2.36. The van der Waals surface area contributed by atoms with Crippen LogP contribution < -0.4 is 15.0 Å². The number of amides is 1. The first-order chi connectivity index (χ1) is 17.1. The molecule has 0 aliphatic carbocycles. The first-order valence-corrected chi connectivity index (χ1v) is 11.9. The average Bonchev–Trinajstić information content (AvgIpc) is 3.08. The standard InChI is InChI=1S/C25H25ClFN5O3/c26-19-13-17(4-5-20(19)27)30-25-18-14-22-23(15-21(18)28-16-29-25)35-10-2-7-32(22)24(33)3-1-6-31-8-11-34-12-9-31/h1,3-5,13-16H,2,6-12H2,(H,28,29,30)/b3-1+. The third-order valence-electron chi connectivity index (χ3n) is 5.97. The zero-order valence-corrected chi connectivity index (χ0v) is 19.8. The Morgan fingerprint density at radius 2 is 2.00 bits per heavy atom. The summed E-state index contributed by atoms with van der Waals surface area (Å²) >= 11 is 5.93. The number of hydrogen-bond donors (Lipinski definition) is 1. The maximum atomic E-state index is 13.6. The zero-order valence-electron chi connectivity index (χ0n) is 19.0. The highest BCUT2D eigenvalue weighted by Gasteiger charge is 2.23. The topological polar surface area (TPSA) is 79.8 Å². The van der Waals surface area contributed by atoms with Crippen molar-refractivity contribution in [2.75, 3.05) is 56.2 Å². The number of carbonyl (C=O) groups is 1. The molecule has 2 aliphatic rings. The van der Waals surface area contributed by atoms with Gasteiger partial charge in [-0.05, 0) is 30.7 Å². The molecule has 5 rings (SSSR count). The SMILES string of the molecule is O=C(/C=C/CN1CCOCC1)N1CCCOc2cc3ncnc(Nc4ccc(F)c(Cl)c4)c3cc21. The van der Waals surface area contributed by atoms with Crippen LogP contribution in [0.4, 0.5) is 21.6 Å². The van der Waals surface area contributed by atoms with Crippen LogP contribution in [-0.2, 0) is 9.53 Å². The van der Waals surface area contributed by atoms with Gasteiger partial charge >= 0.3 is 0 Å². The maximum absolute atomic E-state index is 13.6. The Morgan fingerprint density at radius 1 is 1.14 bits per heavy atom. The molecule has 3 aromatic rings. The van der Waals surface area contributed by atoms with Crippen molar-refractivity contribution in [1.29, 1.82) is 0 Å². The number of nitrogens with zero attached hydrogens (tertiary/aromatic N) is 4. The van der Waals surface area contributed by atoms with Crippen LogP contribution in [0.2, 0.25) is 5.02 Å². The highest BCUT2D eigenvalue weighted by molar-refractivity contribution is 6.31. The molecule has 1 N–H and O–H groups in total. The van der Waals surface area contributed by atoms with Gasteiger partial charge in [-0.1, -0.05) is 17.7 Å². The molecular formula is C25H25ClFN5O3. The number of rotatable bonds is 5. The number of benzene rings is 2. The van der Waals surface area contributed by atoms with E-state index in [2.05, 4.69) is 20.2 Å². The molecule has 182 valence electrons. The Morgan fingerprint density at radius 3 is 2.83 bits per heavy atom. The van der Waals surface area contributed by atoms with Gasteiger partial charge in [-0.25, -0.2) is 14.4 Å². The van der Waals surface area contributed by atoms with Gasteiger partial charge in [0.2, 0.25) is 0 Å². The van der Waals surface area contributed by atoms with E-state index in [4.69, 9.17) is 21.1 Å². The van der Waals surface area contributed by atoms with Crippen molar-refractivity contribution in [3.63, 3.8) is 0 Å². The van der Waals surface area contributed by atoms with E-state index in [1.807, 2.05) is 18.2 Å². The number of carbonyl (C=O) groups excluding carboxylic acids is 1. The number of hydrogen-bond acceptors (Lipinski definition) is 7. The van der Waals surface area contributed by atoms with Gasteiger partial charge < -0.3 is 19.7 Å². The number of fused-ring (bicyclic) bond motifs is 2. The molecule has 3 heterocycles. The molecule has 1 amide bonds. The predicted molar refractivity (Wildman–Crippen MR) is 133 cm³/mol. The number of morpholine rings is 1. The van der Waals surface area contributed by atoms with Gasteiger partial charge in [0.05, 0.1) is 36.0 Å². The van der Waals surface area contributed by atoms with Crippen molar-refractivity contribution in [3.05, 3.63) is 59.7 Å². The van der Waals surface area contributed by atoms with Crippen molar-refractivity contribution < 1.29 is 18.7 Å². The third kappa shape index (κ3) is 5.37. The molecule has 10 heteroatoms. The molecule has 8 nitrogen and oxygen atoms in total. The van der Waals surface area contributed by atoms with Crippen LogP contribution in [0.5, 0.6) is 5.75 Å². The predicted octanol–water partition coefficient (Wildman–Crippen LogP) is 4.17. The van der Waals surface area contributed by atoms with E-state index in [0.29, 0.717) is 73.2 Å². The Labute approximate surface area is 207 Å². The summed E-state index contributed by atoms with van der Waals surface area (Å²) in [6.45, 7) is 4.89. The second kappa shape index (κ2) is 10.6. The fourth-order valence-corrected chi connectivity index (χ4v) is 4.32. The molecule has 0 radical (unpaired) electrons. The van der Waals surface area contributed by atoms with Crippen molar-refractivity contribution in [2.24, 2.45) is 0 Å². The second-order valence-electron chi connectivity index (χ2n) is 8.32. The van der Waals surface area contributed by atoms with Crippen LogP contribution in [-0.4, -0.2) is 66.8 Å². The minimum absolute atomic E-state index is 0.0104. The van der Waals surface area contributed by atoms with Crippen LogP contribution in [0.25, 0.3) is 10.9 Å². The summed E-state index contributed by atoms with van der Waals surface area (Å²) in [5.41, 5.74) is 1.90. The Kier molecular flexibility index (Phi) is 7.08. The normalized spacial score (nSPS) is 16.7. The molecule has 0 bridgehead atoms. The van der Waals surface area contributed by atoms with Crippen LogP contribution in [0.15, 0.2) is 48.8 Å². The molecule has 0 saturated carbocycles. The molecule has 1 fully saturated rings. The molecule has 35 heavy (non-hydrogen) atoms. The average molecular weight is 498 g/mol. The van der Waals surface area contributed by atoms with E-state index in [1.54, 1.807) is 17.0 Å². The quantitative estimate of drug-likeness (QED) is 0.530. The van der Waals surface area contributed by atoms with Crippen LogP contribution in [0, 0.1) is 5.82 Å². The fraction of sp³-hybridized carbons (Fsp3) is 0.320. The van der Waals surface area contributed by atoms with E-state index in [-0.39, 0.29) is 10.9 Å².